The highest BCUT2D eigenvalue weighted by Gasteiger charge is 2.35. The number of hydrogen-bond acceptors (Lipinski definition) is 5. The Hall–Kier alpha value is -1.14. The second kappa shape index (κ2) is 9.10. The van der Waals surface area contributed by atoms with E-state index >= 15 is 0 Å². The summed E-state index contributed by atoms with van der Waals surface area (Å²) in [5.41, 5.74) is 0. The van der Waals surface area contributed by atoms with Crippen molar-refractivity contribution >= 4 is 11.9 Å². The average molecular weight is 314 g/mol. The summed E-state index contributed by atoms with van der Waals surface area (Å²) < 4.78 is 10.5. The van der Waals surface area contributed by atoms with Crippen molar-refractivity contribution in [1.82, 2.24) is 9.80 Å². The Bertz CT molecular complexity index is 367. The van der Waals surface area contributed by atoms with Gasteiger partial charge in [0, 0.05) is 32.6 Å². The molecular formula is C16H30N2O4. The molecule has 0 saturated carbocycles. The van der Waals surface area contributed by atoms with Crippen LogP contribution in [0.25, 0.3) is 0 Å². The average Bonchev–Trinajstić information content (AvgIpc) is 2.81. The fourth-order valence-corrected chi connectivity index (χ4v) is 2.70. The number of Topliss-reactive ketones (excluding diaryl/α,β-unsaturated/α-hetero) is 1. The lowest BCUT2D eigenvalue weighted by molar-refractivity contribution is -0.126. The van der Waals surface area contributed by atoms with Crippen LogP contribution in [0, 0.1) is 5.92 Å². The maximum Gasteiger partial charge on any atom is 0.410 e. The molecule has 1 amide bonds. The van der Waals surface area contributed by atoms with Crippen LogP contribution < -0.4 is 0 Å². The van der Waals surface area contributed by atoms with E-state index in [-0.39, 0.29) is 19.3 Å². The number of cyclic esters (lactones) is 1. The van der Waals surface area contributed by atoms with Gasteiger partial charge in [-0.1, -0.05) is 21.3 Å². The highest BCUT2D eigenvalue weighted by molar-refractivity contribution is 5.88. The molecule has 1 atom stereocenters. The number of amides is 1. The van der Waals surface area contributed by atoms with E-state index in [2.05, 4.69) is 4.90 Å². The van der Waals surface area contributed by atoms with Gasteiger partial charge >= 0.3 is 6.09 Å². The number of rotatable bonds is 7. The van der Waals surface area contributed by atoms with Crippen LogP contribution in [0.5, 0.6) is 0 Å². The first kappa shape index (κ1) is 18.9. The fraction of sp³-hybridized carbons (Fsp3) is 0.875. The molecule has 6 heteroatoms. The number of ether oxygens (including phenoxy) is 2. The Kier molecular flexibility index (Phi) is 7.82. The first-order valence-corrected chi connectivity index (χ1v) is 7.84. The Balaban J connectivity index is 0.00000242. The van der Waals surface area contributed by atoms with Crippen LogP contribution in [0.4, 0.5) is 4.79 Å². The molecule has 128 valence electrons. The number of hydrogen-bond donors (Lipinski definition) is 0. The van der Waals surface area contributed by atoms with Gasteiger partial charge in [0.15, 0.2) is 11.9 Å². The van der Waals surface area contributed by atoms with Crippen LogP contribution in [0.15, 0.2) is 0 Å². The quantitative estimate of drug-likeness (QED) is 0.717. The van der Waals surface area contributed by atoms with Gasteiger partial charge in [-0.3, -0.25) is 9.69 Å². The van der Waals surface area contributed by atoms with E-state index in [1.807, 2.05) is 13.8 Å². The second-order valence-electron chi connectivity index (χ2n) is 6.19. The van der Waals surface area contributed by atoms with Crippen LogP contribution in [0.2, 0.25) is 0 Å². The van der Waals surface area contributed by atoms with Gasteiger partial charge in [0.1, 0.15) is 0 Å². The third kappa shape index (κ3) is 5.57. The van der Waals surface area contributed by atoms with Gasteiger partial charge in [0.25, 0.3) is 0 Å². The molecule has 2 aliphatic heterocycles. The molecule has 22 heavy (non-hydrogen) atoms. The molecule has 0 radical (unpaired) electrons. The normalized spacial score (nSPS) is 22.6. The molecular weight excluding hydrogens is 284 g/mol. The lowest BCUT2D eigenvalue weighted by Gasteiger charge is -2.27. The number of carbonyl (C=O) groups is 2. The number of nitrogens with zero attached hydrogens (tertiary/aromatic N) is 2. The minimum atomic E-state index is -0.566. The van der Waals surface area contributed by atoms with E-state index in [4.69, 9.17) is 9.47 Å². The first-order chi connectivity index (χ1) is 10.1. The summed E-state index contributed by atoms with van der Waals surface area (Å²) in [6, 6.07) is 0. The zero-order valence-corrected chi connectivity index (χ0v) is 13.0. The van der Waals surface area contributed by atoms with E-state index in [1.54, 1.807) is 4.90 Å². The zero-order chi connectivity index (χ0) is 15.2. The highest BCUT2D eigenvalue weighted by Crippen LogP contribution is 2.16. The van der Waals surface area contributed by atoms with E-state index < -0.39 is 6.10 Å². The molecule has 0 aliphatic carbocycles. The van der Waals surface area contributed by atoms with Crippen molar-refractivity contribution in [1.29, 1.82) is 0 Å². The van der Waals surface area contributed by atoms with Crippen molar-refractivity contribution < 1.29 is 19.1 Å². The monoisotopic (exact) mass is 314 g/mol. The summed E-state index contributed by atoms with van der Waals surface area (Å²) in [5, 5.41) is 0. The van der Waals surface area contributed by atoms with Crippen LogP contribution in [-0.4, -0.2) is 73.7 Å². The SMILES string of the molecule is C.CC(C)CC(=O)C1CN(CCCN2CCOCC2)C(=O)O1. The Morgan fingerprint density at radius 3 is 2.59 bits per heavy atom. The molecule has 0 N–H and O–H groups in total. The van der Waals surface area contributed by atoms with Gasteiger partial charge in [-0.2, -0.15) is 0 Å². The first-order valence-electron chi connectivity index (χ1n) is 7.84. The zero-order valence-electron chi connectivity index (χ0n) is 13.0. The second-order valence-corrected chi connectivity index (χ2v) is 6.19. The van der Waals surface area contributed by atoms with Crippen LogP contribution in [-0.2, 0) is 14.3 Å². The van der Waals surface area contributed by atoms with Crippen LogP contribution >= 0.6 is 0 Å². The molecule has 2 saturated heterocycles. The predicted molar refractivity (Wildman–Crippen MR) is 84.9 cm³/mol. The summed E-state index contributed by atoms with van der Waals surface area (Å²) in [5.74, 6) is 0.334. The molecule has 2 aliphatic rings. The molecule has 6 nitrogen and oxygen atoms in total. The lowest BCUT2D eigenvalue weighted by atomic mass is 10.0. The molecule has 2 fully saturated rings. The van der Waals surface area contributed by atoms with Gasteiger partial charge in [0.2, 0.25) is 0 Å². The fourth-order valence-electron chi connectivity index (χ4n) is 2.70. The smallest absolute Gasteiger partial charge is 0.410 e. The van der Waals surface area contributed by atoms with E-state index in [0.717, 1.165) is 39.3 Å². The molecule has 0 aromatic rings. The number of carbonyl (C=O) groups excluding carboxylic acids is 2. The Morgan fingerprint density at radius 1 is 1.27 bits per heavy atom. The van der Waals surface area contributed by atoms with Crippen LogP contribution in [0.3, 0.4) is 0 Å². The minimum Gasteiger partial charge on any atom is -0.436 e. The maximum absolute atomic E-state index is 11.9. The maximum atomic E-state index is 11.9. The summed E-state index contributed by atoms with van der Waals surface area (Å²) in [6.07, 6.45) is 0.460. The van der Waals surface area contributed by atoms with Crippen molar-refractivity contribution in [3.8, 4) is 0 Å². The lowest BCUT2D eigenvalue weighted by Crippen LogP contribution is -2.38. The van der Waals surface area contributed by atoms with Crippen molar-refractivity contribution in [3.63, 3.8) is 0 Å². The molecule has 0 aromatic carbocycles. The minimum absolute atomic E-state index is 0. The summed E-state index contributed by atoms with van der Waals surface area (Å²) in [7, 11) is 0. The van der Waals surface area contributed by atoms with Crippen molar-refractivity contribution in [3.05, 3.63) is 0 Å². The molecule has 1 unspecified atom stereocenters. The standard InChI is InChI=1S/C15H26N2O4.CH4/c1-12(2)10-13(18)14-11-17(15(19)21-14)5-3-4-16-6-8-20-9-7-16;/h12,14H,3-11H2,1-2H3;1H4. The molecule has 2 heterocycles. The molecule has 0 spiro atoms. The van der Waals surface area contributed by atoms with Gasteiger partial charge in [-0.15, -0.1) is 0 Å². The summed E-state index contributed by atoms with van der Waals surface area (Å²) in [4.78, 5) is 27.7. The van der Waals surface area contributed by atoms with Crippen LogP contribution in [0.1, 0.15) is 34.1 Å². The van der Waals surface area contributed by atoms with E-state index in [1.165, 1.54) is 0 Å². The Labute approximate surface area is 133 Å². The predicted octanol–water partition coefficient (Wildman–Crippen LogP) is 1.78. The van der Waals surface area contributed by atoms with Gasteiger partial charge < -0.3 is 14.4 Å². The largest absolute Gasteiger partial charge is 0.436 e. The number of ketones is 1. The molecule has 2 rings (SSSR count). The third-order valence-corrected chi connectivity index (χ3v) is 3.86. The molecule has 0 bridgehead atoms. The van der Waals surface area contributed by atoms with Crippen molar-refractivity contribution in [2.45, 2.75) is 40.2 Å². The van der Waals surface area contributed by atoms with E-state index in [9.17, 15) is 9.59 Å². The summed E-state index contributed by atoms with van der Waals surface area (Å²) >= 11 is 0. The Morgan fingerprint density at radius 2 is 1.95 bits per heavy atom. The molecule has 0 aromatic heterocycles. The topological polar surface area (TPSA) is 59.1 Å². The third-order valence-electron chi connectivity index (χ3n) is 3.86. The van der Waals surface area contributed by atoms with E-state index in [0.29, 0.717) is 25.4 Å². The summed E-state index contributed by atoms with van der Waals surface area (Å²) in [6.45, 7) is 9.51. The van der Waals surface area contributed by atoms with Crippen molar-refractivity contribution in [2.75, 3.05) is 45.9 Å². The van der Waals surface area contributed by atoms with Gasteiger partial charge in [-0.05, 0) is 12.3 Å². The highest BCUT2D eigenvalue weighted by atomic mass is 16.6. The van der Waals surface area contributed by atoms with Gasteiger partial charge in [0.05, 0.1) is 19.8 Å². The van der Waals surface area contributed by atoms with Gasteiger partial charge in [-0.25, -0.2) is 4.79 Å². The van der Waals surface area contributed by atoms with Crippen molar-refractivity contribution in [2.24, 2.45) is 5.92 Å². The number of morpholine rings is 1.